The molecule has 2 unspecified atom stereocenters. The summed E-state index contributed by atoms with van der Waals surface area (Å²) in [6.07, 6.45) is 16.9. The van der Waals surface area contributed by atoms with Crippen LogP contribution < -0.4 is 5.32 Å². The smallest absolute Gasteiger partial charge is 0.220 e. The molecule has 1 heterocycles. The third-order valence-corrected chi connectivity index (χ3v) is 8.71. The number of unbranched alkanes of at least 4 members (excludes halogenated alkanes) is 18. The van der Waals surface area contributed by atoms with Gasteiger partial charge in [0.25, 0.3) is 0 Å². The Morgan fingerprint density at radius 3 is 1.65 bits per heavy atom. The van der Waals surface area contributed by atoms with Gasteiger partial charge in [0.15, 0.2) is 6.29 Å². The van der Waals surface area contributed by atoms with E-state index >= 15 is 0 Å². The predicted molar refractivity (Wildman–Crippen MR) is 171 cm³/mol. The van der Waals surface area contributed by atoms with Crippen molar-refractivity contribution in [2.24, 2.45) is 0 Å². The third-order valence-electron chi connectivity index (χ3n) is 8.71. The summed E-state index contributed by atoms with van der Waals surface area (Å²) >= 11 is 0. The van der Waals surface area contributed by atoms with Crippen LogP contribution in [0.4, 0.5) is 0 Å². The Hall–Kier alpha value is -0.810. The van der Waals surface area contributed by atoms with Crippen LogP contribution in [0.1, 0.15) is 155 Å². The maximum Gasteiger partial charge on any atom is 0.220 e. The van der Waals surface area contributed by atoms with Crippen molar-refractivity contribution in [3.63, 3.8) is 0 Å². The highest BCUT2D eigenvalue weighted by molar-refractivity contribution is 5.76. The van der Waals surface area contributed by atoms with Crippen molar-refractivity contribution < 1.29 is 39.8 Å². The van der Waals surface area contributed by atoms with Gasteiger partial charge in [-0.1, -0.05) is 136 Å². The molecule has 0 spiro atoms. The first kappa shape index (κ1) is 40.2. The monoisotopic (exact) mass is 617 g/mol. The van der Waals surface area contributed by atoms with Gasteiger partial charge in [0.1, 0.15) is 24.4 Å². The number of carbonyl (C=O) groups is 1. The Morgan fingerprint density at radius 1 is 0.698 bits per heavy atom. The number of hydrogen-bond donors (Lipinski definition) is 6. The Labute approximate surface area is 262 Å². The van der Waals surface area contributed by atoms with E-state index in [-0.39, 0.29) is 12.5 Å². The number of rotatable bonds is 28. The molecular formula is C34H67NO8. The van der Waals surface area contributed by atoms with Gasteiger partial charge in [0.05, 0.1) is 25.4 Å². The van der Waals surface area contributed by atoms with Crippen LogP contribution in [0.15, 0.2) is 0 Å². The van der Waals surface area contributed by atoms with Crippen LogP contribution >= 0.6 is 0 Å². The van der Waals surface area contributed by atoms with Crippen molar-refractivity contribution in [3.05, 3.63) is 0 Å². The topological polar surface area (TPSA) is 149 Å². The standard InChI is InChI=1S/C34H67NO8/c1-3-5-7-9-11-13-14-16-18-20-22-24-30(38)35-27(28(37)23-21-19-17-15-12-10-8-6-4-2)26-42-34-33(41)32(40)31(39)29(25-36)43-34/h27-29,31-34,36-37,39-41H,3-26H2,1-2H3,(H,35,38)/t27-,28+,29+,31+,32?,33?,34+/m0/s1. The molecule has 0 aromatic carbocycles. The molecule has 1 amide bonds. The molecule has 0 saturated carbocycles. The molecule has 0 aliphatic carbocycles. The molecule has 9 heteroatoms. The largest absolute Gasteiger partial charge is 0.394 e. The molecule has 7 atom stereocenters. The van der Waals surface area contributed by atoms with E-state index in [1.807, 2.05) is 0 Å². The van der Waals surface area contributed by atoms with Crippen molar-refractivity contribution in [3.8, 4) is 0 Å². The Morgan fingerprint density at radius 2 is 1.16 bits per heavy atom. The zero-order chi connectivity index (χ0) is 31.7. The average molecular weight is 618 g/mol. The first-order valence-electron chi connectivity index (χ1n) is 17.7. The van der Waals surface area contributed by atoms with Crippen LogP contribution in [0.2, 0.25) is 0 Å². The van der Waals surface area contributed by atoms with Gasteiger partial charge in [-0.05, 0) is 12.8 Å². The SMILES string of the molecule is CCCCCCCCCCCCCC(=O)N[C@@H](CO[C@@H]1O[C@H](CO)[C@@H](O)C(O)C1O)[C@H](O)CCCCCCCCCCC. The van der Waals surface area contributed by atoms with Crippen molar-refractivity contribution in [2.75, 3.05) is 13.2 Å². The fourth-order valence-corrected chi connectivity index (χ4v) is 5.75. The molecule has 0 aromatic rings. The molecule has 1 aliphatic heterocycles. The molecule has 9 nitrogen and oxygen atoms in total. The molecule has 1 saturated heterocycles. The predicted octanol–water partition coefficient (Wildman–Crippen LogP) is 5.27. The minimum atomic E-state index is -1.54. The van der Waals surface area contributed by atoms with Gasteiger partial charge >= 0.3 is 0 Å². The second kappa shape index (κ2) is 26.4. The van der Waals surface area contributed by atoms with Crippen molar-refractivity contribution in [1.29, 1.82) is 0 Å². The van der Waals surface area contributed by atoms with E-state index in [1.54, 1.807) is 0 Å². The van der Waals surface area contributed by atoms with Gasteiger partial charge < -0.3 is 40.3 Å². The normalized spacial score (nSPS) is 23.7. The molecule has 6 N–H and O–H groups in total. The number of ether oxygens (including phenoxy) is 2. The lowest BCUT2D eigenvalue weighted by atomic mass is 9.99. The van der Waals surface area contributed by atoms with E-state index < -0.39 is 49.5 Å². The Balaban J connectivity index is 2.46. The number of aliphatic hydroxyl groups is 5. The van der Waals surface area contributed by atoms with E-state index in [2.05, 4.69) is 19.2 Å². The lowest BCUT2D eigenvalue weighted by Gasteiger charge is -2.40. The molecule has 1 aliphatic rings. The number of carbonyl (C=O) groups excluding carboxylic acids is 1. The minimum Gasteiger partial charge on any atom is -0.394 e. The van der Waals surface area contributed by atoms with Crippen molar-refractivity contribution >= 4 is 5.91 Å². The Bertz CT molecular complexity index is 652. The summed E-state index contributed by atoms with van der Waals surface area (Å²) in [5, 5.41) is 53.8. The Kier molecular flexibility index (Phi) is 24.7. The zero-order valence-electron chi connectivity index (χ0n) is 27.5. The van der Waals surface area contributed by atoms with Crippen LogP contribution in [-0.4, -0.2) is 87.5 Å². The number of hydrogen-bond acceptors (Lipinski definition) is 8. The molecule has 0 radical (unpaired) electrons. The third kappa shape index (κ3) is 18.7. The summed E-state index contributed by atoms with van der Waals surface area (Å²) in [4.78, 5) is 12.8. The van der Waals surface area contributed by atoms with Gasteiger partial charge in [-0.2, -0.15) is 0 Å². The van der Waals surface area contributed by atoms with E-state index in [9.17, 15) is 30.3 Å². The van der Waals surface area contributed by atoms with Gasteiger partial charge in [-0.25, -0.2) is 0 Å². The fraction of sp³-hybridized carbons (Fsp3) is 0.971. The lowest BCUT2D eigenvalue weighted by Crippen LogP contribution is -2.60. The summed E-state index contributed by atoms with van der Waals surface area (Å²) < 4.78 is 11.1. The maximum absolute atomic E-state index is 12.8. The van der Waals surface area contributed by atoms with E-state index in [0.29, 0.717) is 12.8 Å². The number of aliphatic hydroxyl groups excluding tert-OH is 5. The molecular weight excluding hydrogens is 550 g/mol. The summed E-state index contributed by atoms with van der Waals surface area (Å²) in [5.74, 6) is -0.149. The van der Waals surface area contributed by atoms with E-state index in [1.165, 1.54) is 89.9 Å². The average Bonchev–Trinajstić information content (AvgIpc) is 3.00. The molecule has 0 aromatic heterocycles. The van der Waals surface area contributed by atoms with E-state index in [4.69, 9.17) is 9.47 Å². The maximum atomic E-state index is 12.8. The zero-order valence-corrected chi connectivity index (χ0v) is 27.5. The van der Waals surface area contributed by atoms with Gasteiger partial charge in [-0.3, -0.25) is 4.79 Å². The highest BCUT2D eigenvalue weighted by Crippen LogP contribution is 2.23. The first-order chi connectivity index (χ1) is 20.8. The lowest BCUT2D eigenvalue weighted by molar-refractivity contribution is -0.302. The molecule has 256 valence electrons. The molecule has 0 bridgehead atoms. The number of nitrogens with one attached hydrogen (secondary N) is 1. The van der Waals surface area contributed by atoms with Gasteiger partial charge in [-0.15, -0.1) is 0 Å². The van der Waals surface area contributed by atoms with Crippen LogP contribution in [-0.2, 0) is 14.3 Å². The van der Waals surface area contributed by atoms with Crippen LogP contribution in [0.3, 0.4) is 0 Å². The van der Waals surface area contributed by atoms with Gasteiger partial charge in [0.2, 0.25) is 5.91 Å². The van der Waals surface area contributed by atoms with Crippen LogP contribution in [0.5, 0.6) is 0 Å². The molecule has 43 heavy (non-hydrogen) atoms. The highest BCUT2D eigenvalue weighted by Gasteiger charge is 2.44. The second-order valence-electron chi connectivity index (χ2n) is 12.7. The summed E-state index contributed by atoms with van der Waals surface area (Å²) in [5.41, 5.74) is 0. The van der Waals surface area contributed by atoms with Crippen LogP contribution in [0.25, 0.3) is 0 Å². The quantitative estimate of drug-likeness (QED) is 0.0651. The summed E-state index contributed by atoms with van der Waals surface area (Å²) in [6, 6.07) is -0.707. The summed E-state index contributed by atoms with van der Waals surface area (Å²) in [6.45, 7) is 3.77. The molecule has 1 rings (SSSR count). The summed E-state index contributed by atoms with van der Waals surface area (Å²) in [7, 11) is 0. The first-order valence-corrected chi connectivity index (χ1v) is 17.7. The highest BCUT2D eigenvalue weighted by atomic mass is 16.7. The second-order valence-corrected chi connectivity index (χ2v) is 12.7. The minimum absolute atomic E-state index is 0.134. The fourth-order valence-electron chi connectivity index (χ4n) is 5.75. The molecule has 1 fully saturated rings. The van der Waals surface area contributed by atoms with E-state index in [0.717, 1.165) is 38.5 Å². The van der Waals surface area contributed by atoms with Gasteiger partial charge in [0, 0.05) is 6.42 Å². The van der Waals surface area contributed by atoms with Crippen LogP contribution in [0, 0.1) is 0 Å². The van der Waals surface area contributed by atoms with Crippen molar-refractivity contribution in [1.82, 2.24) is 5.32 Å². The van der Waals surface area contributed by atoms with Crippen molar-refractivity contribution in [2.45, 2.75) is 198 Å². The number of amides is 1.